The van der Waals surface area contributed by atoms with E-state index in [0.717, 1.165) is 22.4 Å². The Hall–Kier alpha value is -3.75. The van der Waals surface area contributed by atoms with Gasteiger partial charge in [-0.3, -0.25) is 14.4 Å². The zero-order valence-corrected chi connectivity index (χ0v) is 25.1. The fourth-order valence-corrected chi connectivity index (χ4v) is 7.26. The first-order valence-electron chi connectivity index (χ1n) is 15.2. The van der Waals surface area contributed by atoms with Crippen molar-refractivity contribution in [2.45, 2.75) is 69.7 Å². The quantitative estimate of drug-likeness (QED) is 0.214. The number of allylic oxidation sites excluding steroid dienone is 1. The van der Waals surface area contributed by atoms with Crippen LogP contribution in [0.25, 0.3) is 0 Å². The highest BCUT2D eigenvalue weighted by Crippen LogP contribution is 2.59. The maximum absolute atomic E-state index is 14.9. The van der Waals surface area contributed by atoms with Gasteiger partial charge in [0, 0.05) is 12.2 Å². The lowest BCUT2D eigenvalue weighted by molar-refractivity contribution is -0.155. The van der Waals surface area contributed by atoms with Gasteiger partial charge >= 0.3 is 5.97 Å². The molecule has 2 unspecified atom stereocenters. The van der Waals surface area contributed by atoms with Crippen LogP contribution >= 0.6 is 0 Å². The van der Waals surface area contributed by atoms with Gasteiger partial charge in [0.1, 0.15) is 11.6 Å². The molecule has 228 valence electrons. The second-order valence-electron chi connectivity index (χ2n) is 12.0. The molecule has 3 heterocycles. The third-order valence-corrected chi connectivity index (χ3v) is 9.19. The molecular weight excluding hydrogens is 544 g/mol. The molecular formula is C35H42N2O6. The largest absolute Gasteiger partial charge is 0.465 e. The maximum Gasteiger partial charge on any atom is 0.312 e. The zero-order chi connectivity index (χ0) is 30.7. The highest BCUT2D eigenvalue weighted by Gasteiger charge is 2.75. The van der Waals surface area contributed by atoms with Crippen LogP contribution in [0.15, 0.2) is 73.8 Å². The molecule has 6 atom stereocenters. The average molecular weight is 587 g/mol. The maximum atomic E-state index is 14.9. The topological polar surface area (TPSA) is 96.4 Å². The molecule has 2 amide bonds. The molecule has 2 aromatic carbocycles. The summed E-state index contributed by atoms with van der Waals surface area (Å²) in [6.07, 6.45) is 5.63. The number of amides is 2. The van der Waals surface area contributed by atoms with Crippen LogP contribution in [0.3, 0.4) is 0 Å². The first kappa shape index (κ1) is 30.7. The lowest BCUT2D eigenvalue weighted by Crippen LogP contribution is -2.59. The average Bonchev–Trinajstić information content (AvgIpc) is 3.66. The number of nitrogens with zero attached hydrogens (tertiary/aromatic N) is 2. The number of aryl methyl sites for hydroxylation is 2. The Kier molecular flexibility index (Phi) is 9.18. The van der Waals surface area contributed by atoms with Gasteiger partial charge in [-0.1, -0.05) is 54.6 Å². The Labute approximate surface area is 254 Å². The monoisotopic (exact) mass is 586 g/mol. The molecule has 3 aliphatic rings. The number of ether oxygens (including phenoxy) is 2. The predicted octanol–water partition coefficient (Wildman–Crippen LogP) is 4.31. The summed E-state index contributed by atoms with van der Waals surface area (Å²) in [5, 5.41) is 10.7. The van der Waals surface area contributed by atoms with Crippen LogP contribution in [0.5, 0.6) is 0 Å². The molecule has 8 heteroatoms. The van der Waals surface area contributed by atoms with E-state index in [1.165, 1.54) is 4.90 Å². The molecule has 0 aromatic heterocycles. The highest BCUT2D eigenvalue weighted by molar-refractivity contribution is 6.05. The number of esters is 1. The summed E-state index contributed by atoms with van der Waals surface area (Å²) in [7, 11) is 0. The van der Waals surface area contributed by atoms with Gasteiger partial charge in [-0.2, -0.15) is 0 Å². The number of fused-ring (bicyclic) bond motifs is 1. The van der Waals surface area contributed by atoms with E-state index in [9.17, 15) is 19.5 Å². The van der Waals surface area contributed by atoms with Gasteiger partial charge in [-0.25, -0.2) is 0 Å². The number of aliphatic hydroxyl groups excluding tert-OH is 1. The van der Waals surface area contributed by atoms with E-state index < -0.39 is 41.6 Å². The second kappa shape index (κ2) is 12.9. The van der Waals surface area contributed by atoms with Gasteiger partial charge < -0.3 is 24.4 Å². The van der Waals surface area contributed by atoms with Crippen LogP contribution in [0.1, 0.15) is 42.4 Å². The third kappa shape index (κ3) is 5.54. The van der Waals surface area contributed by atoms with Crippen molar-refractivity contribution in [3.8, 4) is 0 Å². The Bertz CT molecular complexity index is 1380. The second-order valence-corrected chi connectivity index (χ2v) is 12.0. The van der Waals surface area contributed by atoms with E-state index in [-0.39, 0.29) is 31.6 Å². The van der Waals surface area contributed by atoms with E-state index >= 15 is 0 Å². The summed E-state index contributed by atoms with van der Waals surface area (Å²) in [5.74, 6) is -2.81. The molecule has 1 N–H and O–H groups in total. The van der Waals surface area contributed by atoms with Crippen molar-refractivity contribution in [1.29, 1.82) is 0 Å². The van der Waals surface area contributed by atoms with Crippen molar-refractivity contribution in [3.05, 3.63) is 90.5 Å². The van der Waals surface area contributed by atoms with Gasteiger partial charge in [-0.05, 0) is 68.7 Å². The molecule has 2 aromatic rings. The normalized spacial score (nSPS) is 26.2. The molecule has 1 spiro atoms. The summed E-state index contributed by atoms with van der Waals surface area (Å²) in [5.41, 5.74) is 2.35. The van der Waals surface area contributed by atoms with Crippen molar-refractivity contribution in [1.82, 2.24) is 4.90 Å². The minimum absolute atomic E-state index is 0.223. The molecule has 2 bridgehead atoms. The minimum atomic E-state index is -1.20. The number of rotatable bonds is 13. The number of carbonyl (C=O) groups is 3. The molecule has 43 heavy (non-hydrogen) atoms. The molecule has 0 aliphatic carbocycles. The third-order valence-electron chi connectivity index (χ3n) is 9.19. The smallest absolute Gasteiger partial charge is 0.312 e. The van der Waals surface area contributed by atoms with Crippen molar-refractivity contribution >= 4 is 23.5 Å². The summed E-state index contributed by atoms with van der Waals surface area (Å²) in [6, 6.07) is 13.8. The first-order chi connectivity index (χ1) is 20.8. The fraction of sp³-hybridized carbons (Fsp3) is 0.457. The van der Waals surface area contributed by atoms with Gasteiger partial charge in [-0.15, -0.1) is 13.2 Å². The van der Waals surface area contributed by atoms with E-state index in [4.69, 9.17) is 9.47 Å². The van der Waals surface area contributed by atoms with Crippen LogP contribution in [0, 0.1) is 25.7 Å². The summed E-state index contributed by atoms with van der Waals surface area (Å²) in [6.45, 7) is 11.6. The summed E-state index contributed by atoms with van der Waals surface area (Å²) < 4.78 is 12.2. The van der Waals surface area contributed by atoms with Crippen LogP contribution in [0.4, 0.5) is 5.69 Å². The van der Waals surface area contributed by atoms with Crippen LogP contribution in [-0.2, 0) is 30.3 Å². The molecule has 3 fully saturated rings. The summed E-state index contributed by atoms with van der Waals surface area (Å²) >= 11 is 0. The van der Waals surface area contributed by atoms with Gasteiger partial charge in [0.05, 0.1) is 37.2 Å². The number of unbranched alkanes of at least 4 members (excludes halogenated alkanes) is 1. The highest BCUT2D eigenvalue weighted by atomic mass is 16.6. The molecule has 0 saturated carbocycles. The van der Waals surface area contributed by atoms with Crippen LogP contribution < -0.4 is 4.90 Å². The lowest BCUT2D eigenvalue weighted by atomic mass is 9.70. The zero-order valence-electron chi connectivity index (χ0n) is 25.1. The Morgan fingerprint density at radius 2 is 1.95 bits per heavy atom. The predicted molar refractivity (Wildman–Crippen MR) is 164 cm³/mol. The Morgan fingerprint density at radius 1 is 1.19 bits per heavy atom. The molecule has 3 aliphatic heterocycles. The van der Waals surface area contributed by atoms with E-state index in [1.54, 1.807) is 17.1 Å². The minimum Gasteiger partial charge on any atom is -0.465 e. The number of likely N-dealkylation sites (tertiary alicyclic amines) is 1. The number of aliphatic hydroxyl groups is 1. The molecule has 3 saturated heterocycles. The Morgan fingerprint density at radius 3 is 2.65 bits per heavy atom. The first-order valence-corrected chi connectivity index (χ1v) is 15.2. The van der Waals surface area contributed by atoms with E-state index in [0.29, 0.717) is 32.1 Å². The molecule has 8 nitrogen and oxygen atoms in total. The lowest BCUT2D eigenvalue weighted by Gasteiger charge is -2.39. The van der Waals surface area contributed by atoms with Gasteiger partial charge in [0.2, 0.25) is 5.91 Å². The molecule has 5 rings (SSSR count). The van der Waals surface area contributed by atoms with E-state index in [1.807, 2.05) is 62.4 Å². The SMILES string of the molecule is C=CCCCOC(=O)[C@@H]1[C@@H]2CCC3(O2)C(C(=O)N(CC=C)c2cc(C)ccc2C)N([C@@H](CO)Cc2ccccc2)C(=O)[C@H]13. The van der Waals surface area contributed by atoms with Crippen molar-refractivity contribution in [2.75, 3.05) is 24.7 Å². The number of carbonyl (C=O) groups excluding carboxylic acids is 3. The van der Waals surface area contributed by atoms with Gasteiger partial charge in [0.15, 0.2) is 0 Å². The number of benzene rings is 2. The number of anilines is 1. The van der Waals surface area contributed by atoms with Crippen LogP contribution in [-0.4, -0.2) is 71.3 Å². The molecule has 0 radical (unpaired) electrons. The van der Waals surface area contributed by atoms with Crippen molar-refractivity contribution in [3.63, 3.8) is 0 Å². The Balaban J connectivity index is 1.57. The standard InChI is InChI=1S/C35H42N2O6/c1-5-7-11-19-42-34(41)29-28-16-17-35(43-28)30(29)32(39)37(26(22-38)21-25-12-9-8-10-13-25)31(35)33(40)36(18-6-2)27-20-23(3)14-15-24(27)4/h5-6,8-10,12-15,20,26,28-31,38H,1-2,7,11,16-19,21-22H2,3-4H3/t26-,28+,29-,30+,31?,35?/m1/s1. The van der Waals surface area contributed by atoms with Crippen molar-refractivity contribution < 1.29 is 29.0 Å². The van der Waals surface area contributed by atoms with Crippen molar-refractivity contribution in [2.24, 2.45) is 11.8 Å². The van der Waals surface area contributed by atoms with E-state index in [2.05, 4.69) is 13.2 Å². The van der Waals surface area contributed by atoms with Crippen LogP contribution in [0.2, 0.25) is 0 Å². The summed E-state index contributed by atoms with van der Waals surface area (Å²) in [4.78, 5) is 46.1. The fourth-order valence-electron chi connectivity index (χ4n) is 7.26. The number of hydrogen-bond acceptors (Lipinski definition) is 6. The number of hydrogen-bond donors (Lipinski definition) is 1. The van der Waals surface area contributed by atoms with Gasteiger partial charge in [0.25, 0.3) is 5.91 Å².